The summed E-state index contributed by atoms with van der Waals surface area (Å²) in [5.41, 5.74) is 4.20. The van der Waals surface area contributed by atoms with Gasteiger partial charge >= 0.3 is 0 Å². The summed E-state index contributed by atoms with van der Waals surface area (Å²) >= 11 is 0. The fourth-order valence-electron chi connectivity index (χ4n) is 1.30. The normalized spacial score (nSPS) is 11.4. The Kier molecular flexibility index (Phi) is 4.28. The van der Waals surface area contributed by atoms with E-state index in [1.54, 1.807) is 12.1 Å². The van der Waals surface area contributed by atoms with Crippen molar-refractivity contribution < 1.29 is 13.3 Å². The first kappa shape index (κ1) is 13.0. The molecule has 0 saturated carbocycles. The van der Waals surface area contributed by atoms with Gasteiger partial charge in [0.15, 0.2) is 0 Å². The summed E-state index contributed by atoms with van der Waals surface area (Å²) in [4.78, 5) is 4.75. The summed E-state index contributed by atoms with van der Waals surface area (Å²) in [7, 11) is -0.193. The number of rotatable bonds is 5. The molecular weight excluding hydrogens is 228 g/mol. The van der Waals surface area contributed by atoms with Crippen LogP contribution < -0.4 is 9.79 Å². The molecule has 1 aromatic carbocycles. The molecule has 0 atom stereocenters. The summed E-state index contributed by atoms with van der Waals surface area (Å²) in [6.07, 6.45) is 1.17. The number of hydroxylamine groups is 1. The molecule has 6 heteroatoms. The Morgan fingerprint density at radius 2 is 2.00 bits per heavy atom. The highest BCUT2D eigenvalue weighted by Crippen LogP contribution is 2.20. The van der Waals surface area contributed by atoms with E-state index in [2.05, 4.69) is 5.48 Å². The number of nitrogens with zero attached hydrogens (tertiary/aromatic N) is 1. The van der Waals surface area contributed by atoms with Crippen LogP contribution in [0.3, 0.4) is 0 Å². The molecule has 90 valence electrons. The van der Waals surface area contributed by atoms with Crippen LogP contribution in [0.2, 0.25) is 0 Å². The minimum atomic E-state index is -3.24. The van der Waals surface area contributed by atoms with Gasteiger partial charge in [0.25, 0.3) is 0 Å². The topological polar surface area (TPSA) is 58.6 Å². The van der Waals surface area contributed by atoms with Gasteiger partial charge in [0.05, 0.1) is 19.1 Å². The number of hydrogen-bond acceptors (Lipinski definition) is 4. The zero-order valence-corrected chi connectivity index (χ0v) is 10.4. The van der Waals surface area contributed by atoms with Crippen LogP contribution in [-0.4, -0.2) is 28.8 Å². The van der Waals surface area contributed by atoms with Gasteiger partial charge in [0.2, 0.25) is 10.0 Å². The molecule has 0 unspecified atom stereocenters. The average molecular weight is 244 g/mol. The Labute approximate surface area is 96.0 Å². The highest BCUT2D eigenvalue weighted by molar-refractivity contribution is 7.92. The number of hydrogen-bond donors (Lipinski definition) is 1. The van der Waals surface area contributed by atoms with Gasteiger partial charge in [0.1, 0.15) is 0 Å². The van der Waals surface area contributed by atoms with E-state index in [1.807, 2.05) is 12.1 Å². The summed E-state index contributed by atoms with van der Waals surface area (Å²) < 4.78 is 24.1. The first-order chi connectivity index (χ1) is 7.46. The molecule has 1 N–H and O–H groups in total. The average Bonchev–Trinajstić information content (AvgIpc) is 2.24. The number of anilines is 1. The van der Waals surface area contributed by atoms with Gasteiger partial charge in [-0.25, -0.2) is 8.42 Å². The lowest BCUT2D eigenvalue weighted by atomic mass is 10.2. The van der Waals surface area contributed by atoms with Crippen molar-refractivity contribution in [3.05, 3.63) is 29.8 Å². The second-order valence-electron chi connectivity index (χ2n) is 3.38. The maximum absolute atomic E-state index is 11.4. The van der Waals surface area contributed by atoms with Crippen molar-refractivity contribution in [3.8, 4) is 0 Å². The Morgan fingerprint density at radius 1 is 1.38 bits per heavy atom. The fraction of sp³-hybridized carbons (Fsp3) is 0.400. The van der Waals surface area contributed by atoms with E-state index in [4.69, 9.17) is 4.84 Å². The molecule has 0 fully saturated rings. The monoisotopic (exact) mass is 244 g/mol. The van der Waals surface area contributed by atoms with E-state index in [0.717, 1.165) is 5.56 Å². The van der Waals surface area contributed by atoms with Crippen molar-refractivity contribution >= 4 is 15.7 Å². The molecule has 0 saturated heterocycles. The molecule has 0 amide bonds. The predicted octanol–water partition coefficient (Wildman–Crippen LogP) is 0.733. The Hall–Kier alpha value is -1.11. The zero-order chi connectivity index (χ0) is 12.2. The van der Waals surface area contributed by atoms with Crippen LogP contribution in [0.1, 0.15) is 5.56 Å². The summed E-state index contributed by atoms with van der Waals surface area (Å²) in [5.74, 6) is 0. The van der Waals surface area contributed by atoms with Crippen LogP contribution in [0.4, 0.5) is 5.69 Å². The predicted molar refractivity (Wildman–Crippen MR) is 63.5 cm³/mol. The first-order valence-corrected chi connectivity index (χ1v) is 6.59. The van der Waals surface area contributed by atoms with Crippen LogP contribution in [0.15, 0.2) is 24.3 Å². The van der Waals surface area contributed by atoms with Crippen molar-refractivity contribution in [2.45, 2.75) is 6.54 Å². The lowest BCUT2D eigenvalue weighted by Gasteiger charge is -2.20. The summed E-state index contributed by atoms with van der Waals surface area (Å²) in [5, 5.41) is 0. The second-order valence-corrected chi connectivity index (χ2v) is 5.40. The molecule has 0 spiro atoms. The smallest absolute Gasteiger partial charge is 0.232 e. The zero-order valence-electron chi connectivity index (χ0n) is 9.60. The fourth-order valence-corrected chi connectivity index (χ4v) is 1.83. The second kappa shape index (κ2) is 5.29. The molecule has 0 bridgehead atoms. The third kappa shape index (κ3) is 3.19. The van der Waals surface area contributed by atoms with Gasteiger partial charge in [0, 0.05) is 13.6 Å². The summed E-state index contributed by atoms with van der Waals surface area (Å²) in [6.45, 7) is 0.451. The largest absolute Gasteiger partial charge is 0.305 e. The Balaban J connectivity index is 3.03. The summed E-state index contributed by atoms with van der Waals surface area (Å²) in [6, 6.07) is 7.26. The minimum absolute atomic E-state index is 0.451. The van der Waals surface area contributed by atoms with Crippen LogP contribution >= 0.6 is 0 Å². The van der Waals surface area contributed by atoms with Crippen molar-refractivity contribution in [1.29, 1.82) is 0 Å². The molecule has 5 nitrogen and oxygen atoms in total. The maximum atomic E-state index is 11.4. The Morgan fingerprint density at radius 3 is 2.56 bits per heavy atom. The Bertz CT molecular complexity index is 445. The standard InChI is InChI=1S/C10H16N2O3S/c1-12(16(3,13)14)10-7-5-4-6-9(10)8-11-15-2/h4-7,11H,8H2,1-3H3. The van der Waals surface area contributed by atoms with Gasteiger partial charge in [-0.05, 0) is 11.6 Å². The molecule has 1 rings (SSSR count). The van der Waals surface area contributed by atoms with E-state index in [1.165, 1.54) is 24.7 Å². The van der Waals surface area contributed by atoms with E-state index in [-0.39, 0.29) is 0 Å². The van der Waals surface area contributed by atoms with Crippen molar-refractivity contribution in [3.63, 3.8) is 0 Å². The first-order valence-electron chi connectivity index (χ1n) is 4.74. The van der Waals surface area contributed by atoms with Gasteiger partial charge in [-0.3, -0.25) is 4.31 Å². The third-order valence-electron chi connectivity index (χ3n) is 2.24. The molecule has 0 aromatic heterocycles. The van der Waals surface area contributed by atoms with Crippen LogP contribution in [0, 0.1) is 0 Å². The van der Waals surface area contributed by atoms with E-state index in [9.17, 15) is 8.42 Å². The highest BCUT2D eigenvalue weighted by atomic mass is 32.2. The number of sulfonamides is 1. The molecule has 1 aromatic rings. The van der Waals surface area contributed by atoms with Gasteiger partial charge in [-0.2, -0.15) is 5.48 Å². The third-order valence-corrected chi connectivity index (χ3v) is 3.43. The molecule has 0 heterocycles. The van der Waals surface area contributed by atoms with Gasteiger partial charge < -0.3 is 4.84 Å². The van der Waals surface area contributed by atoms with E-state index in [0.29, 0.717) is 12.2 Å². The molecule has 0 aliphatic heterocycles. The quantitative estimate of drug-likeness (QED) is 0.776. The molecule has 16 heavy (non-hydrogen) atoms. The lowest BCUT2D eigenvalue weighted by molar-refractivity contribution is 0.0868. The molecular formula is C10H16N2O3S. The number of nitrogens with one attached hydrogen (secondary N) is 1. The maximum Gasteiger partial charge on any atom is 0.232 e. The number of para-hydroxylation sites is 1. The SMILES string of the molecule is CONCc1ccccc1N(C)S(C)(=O)=O. The van der Waals surface area contributed by atoms with E-state index >= 15 is 0 Å². The molecule has 0 aliphatic carbocycles. The van der Waals surface area contributed by atoms with Crippen LogP contribution in [0.25, 0.3) is 0 Å². The van der Waals surface area contributed by atoms with Gasteiger partial charge in [-0.1, -0.05) is 18.2 Å². The van der Waals surface area contributed by atoms with Crippen LogP contribution in [0.5, 0.6) is 0 Å². The van der Waals surface area contributed by atoms with Crippen molar-refractivity contribution in [1.82, 2.24) is 5.48 Å². The lowest BCUT2D eigenvalue weighted by Crippen LogP contribution is -2.26. The van der Waals surface area contributed by atoms with Crippen molar-refractivity contribution in [2.24, 2.45) is 0 Å². The van der Waals surface area contributed by atoms with Crippen LogP contribution in [-0.2, 0) is 21.4 Å². The molecule has 0 radical (unpaired) electrons. The minimum Gasteiger partial charge on any atom is -0.305 e. The molecule has 0 aliphatic rings. The van der Waals surface area contributed by atoms with Crippen molar-refractivity contribution in [2.75, 3.05) is 24.7 Å². The van der Waals surface area contributed by atoms with E-state index < -0.39 is 10.0 Å². The van der Waals surface area contributed by atoms with Gasteiger partial charge in [-0.15, -0.1) is 0 Å². The highest BCUT2D eigenvalue weighted by Gasteiger charge is 2.14. The number of benzene rings is 1.